The van der Waals surface area contributed by atoms with Gasteiger partial charge in [-0.05, 0) is 0 Å². The number of nitrogens with one attached hydrogen (secondary N) is 1. The van der Waals surface area contributed by atoms with Crippen LogP contribution in [0, 0.1) is 0 Å². The summed E-state index contributed by atoms with van der Waals surface area (Å²) < 4.78 is 2.22. The van der Waals surface area contributed by atoms with E-state index in [1.54, 1.807) is 22.9 Å². The molecule has 0 rings (SSSR count). The molecule has 24 valence electrons. The van der Waals surface area contributed by atoms with Gasteiger partial charge in [0.05, 0.1) is 22.9 Å². The molecule has 0 aromatic carbocycles. The average Bonchev–Trinajstić information content (AvgIpc) is 1.37. The van der Waals surface area contributed by atoms with E-state index in [2.05, 4.69) is 3.53 Å². The summed E-state index contributed by atoms with van der Waals surface area (Å²) in [6, 6.07) is 0. The zero-order valence-corrected chi connectivity index (χ0v) is 4.02. The van der Waals surface area contributed by atoms with Crippen LogP contribution >= 0.6 is 22.9 Å². The van der Waals surface area contributed by atoms with Gasteiger partial charge in [-0.2, -0.15) is 0 Å². The van der Waals surface area contributed by atoms with Crippen molar-refractivity contribution in [3.63, 3.8) is 0 Å². The van der Waals surface area contributed by atoms with E-state index in [0.29, 0.717) is 6.41 Å². The van der Waals surface area contributed by atoms with Gasteiger partial charge in [-0.1, -0.05) is 0 Å². The monoisotopic (exact) mass is 171 g/mol. The summed E-state index contributed by atoms with van der Waals surface area (Å²) in [4.78, 5) is 9.06. The van der Waals surface area contributed by atoms with Gasteiger partial charge in [-0.3, -0.25) is 4.79 Å². The molecule has 0 aliphatic carbocycles. The molecule has 3 heteroatoms. The third kappa shape index (κ3) is 2.20. The van der Waals surface area contributed by atoms with Gasteiger partial charge in [-0.15, -0.1) is 0 Å². The van der Waals surface area contributed by atoms with Crippen molar-refractivity contribution in [1.82, 2.24) is 3.53 Å². The van der Waals surface area contributed by atoms with Gasteiger partial charge < -0.3 is 3.53 Å². The number of hydrogen-bond acceptors (Lipinski definition) is 1. The van der Waals surface area contributed by atoms with Crippen molar-refractivity contribution < 1.29 is 4.79 Å². The Morgan fingerprint density at radius 3 is 2.25 bits per heavy atom. The molecule has 1 N–H and O–H groups in total. The van der Waals surface area contributed by atoms with Gasteiger partial charge in [-0.25, -0.2) is 0 Å². The zero-order chi connectivity index (χ0) is 3.41. The summed E-state index contributed by atoms with van der Waals surface area (Å²) in [5, 5.41) is 0. The summed E-state index contributed by atoms with van der Waals surface area (Å²) in [6.07, 6.45) is 0.612. The second-order valence-electron chi connectivity index (χ2n) is 0.227. The molecule has 0 saturated carbocycles. The Morgan fingerprint density at radius 1 is 2.00 bits per heavy atom. The number of carbonyl (C=O) groups is 1. The van der Waals surface area contributed by atoms with Gasteiger partial charge in [0.25, 0.3) is 0 Å². The van der Waals surface area contributed by atoms with Crippen LogP contribution in [0.3, 0.4) is 0 Å². The van der Waals surface area contributed by atoms with Gasteiger partial charge in [0.1, 0.15) is 0 Å². The lowest BCUT2D eigenvalue weighted by molar-refractivity contribution is -0.107. The number of hydrogen-bond donors (Lipinski definition) is 1. The lowest BCUT2D eigenvalue weighted by Crippen LogP contribution is -1.85. The first-order valence-electron chi connectivity index (χ1n) is 0.713. The maximum atomic E-state index is 9.06. The molecule has 0 aromatic heterocycles. The summed E-state index contributed by atoms with van der Waals surface area (Å²) in [7, 11) is 0. The smallest absolute Gasteiger partial charge is 0.215 e. The van der Waals surface area contributed by atoms with Crippen molar-refractivity contribution >= 4 is 29.3 Å². The third-order valence-electron chi connectivity index (χ3n) is 0.0445. The van der Waals surface area contributed by atoms with Crippen LogP contribution in [-0.4, -0.2) is 6.41 Å². The Labute approximate surface area is 38.1 Å². The van der Waals surface area contributed by atoms with E-state index in [0.717, 1.165) is 0 Å². The number of rotatable bonds is 1. The first-order chi connectivity index (χ1) is 1.91. The first kappa shape index (κ1) is 4.20. The highest BCUT2D eigenvalue weighted by atomic mass is 127. The normalized spacial score (nSPS) is 5.25. The van der Waals surface area contributed by atoms with Crippen LogP contribution in [0.1, 0.15) is 0 Å². The molecule has 0 aromatic rings. The Balaban J connectivity index is 2.30. The van der Waals surface area contributed by atoms with Crippen molar-refractivity contribution in [2.75, 3.05) is 0 Å². The summed E-state index contributed by atoms with van der Waals surface area (Å²) in [6.45, 7) is 0. The van der Waals surface area contributed by atoms with Crippen LogP contribution < -0.4 is 3.53 Å². The fourth-order valence-electron chi connectivity index (χ4n) is 0. The van der Waals surface area contributed by atoms with Crippen molar-refractivity contribution in [2.24, 2.45) is 0 Å². The Kier molecular flexibility index (Phi) is 3.36. The molecule has 0 heterocycles. The number of amides is 1. The molecular formula is CH2INO. The summed E-state index contributed by atoms with van der Waals surface area (Å²) in [5.74, 6) is 0. The Bertz CT molecular complexity index is 22.0. The molecule has 0 spiro atoms. The summed E-state index contributed by atoms with van der Waals surface area (Å²) in [5.41, 5.74) is 0. The Morgan fingerprint density at radius 2 is 2.25 bits per heavy atom. The molecule has 0 atom stereocenters. The van der Waals surface area contributed by atoms with Crippen LogP contribution in [0.5, 0.6) is 0 Å². The van der Waals surface area contributed by atoms with Crippen LogP contribution in [0.2, 0.25) is 0 Å². The van der Waals surface area contributed by atoms with Crippen molar-refractivity contribution in [3.8, 4) is 0 Å². The van der Waals surface area contributed by atoms with Gasteiger partial charge in [0, 0.05) is 0 Å². The Hall–Kier alpha value is 0.200. The largest absolute Gasteiger partial charge is 0.301 e. The zero-order valence-electron chi connectivity index (χ0n) is 1.86. The predicted molar refractivity (Wildman–Crippen MR) is 23.2 cm³/mol. The second kappa shape index (κ2) is 3.20. The molecule has 0 aliphatic rings. The third-order valence-corrected chi connectivity index (χ3v) is 0.299. The molecule has 0 bridgehead atoms. The quantitative estimate of drug-likeness (QED) is 0.338. The van der Waals surface area contributed by atoms with Crippen molar-refractivity contribution in [3.05, 3.63) is 0 Å². The first-order valence-corrected chi connectivity index (χ1v) is 1.79. The van der Waals surface area contributed by atoms with Gasteiger partial charge in [0.2, 0.25) is 6.41 Å². The highest BCUT2D eigenvalue weighted by Crippen LogP contribution is 1.52. The fourth-order valence-corrected chi connectivity index (χ4v) is 0. The highest BCUT2D eigenvalue weighted by Gasteiger charge is 1.46. The van der Waals surface area contributed by atoms with E-state index in [-0.39, 0.29) is 0 Å². The van der Waals surface area contributed by atoms with E-state index in [9.17, 15) is 0 Å². The standard InChI is InChI=1S/CH2INO/c2-3-1-4/h1H,(H,3,4). The van der Waals surface area contributed by atoms with E-state index in [1.165, 1.54) is 0 Å². The predicted octanol–water partition coefficient (Wildman–Crippen LogP) is 0.0824. The van der Waals surface area contributed by atoms with Crippen molar-refractivity contribution in [1.29, 1.82) is 0 Å². The molecular weight excluding hydrogens is 169 g/mol. The van der Waals surface area contributed by atoms with Crippen molar-refractivity contribution in [2.45, 2.75) is 0 Å². The molecule has 2 nitrogen and oxygen atoms in total. The highest BCUT2D eigenvalue weighted by molar-refractivity contribution is 14.1. The lowest BCUT2D eigenvalue weighted by Gasteiger charge is -1.60. The molecule has 1 amide bonds. The van der Waals surface area contributed by atoms with E-state index in [1.807, 2.05) is 0 Å². The molecule has 0 unspecified atom stereocenters. The minimum Gasteiger partial charge on any atom is -0.301 e. The maximum Gasteiger partial charge on any atom is 0.215 e. The number of carbonyl (C=O) groups excluding carboxylic acids is 1. The molecule has 0 fully saturated rings. The van der Waals surface area contributed by atoms with Crippen LogP contribution in [-0.2, 0) is 4.79 Å². The van der Waals surface area contributed by atoms with Crippen LogP contribution in [0.15, 0.2) is 0 Å². The molecule has 0 aliphatic heterocycles. The number of halogens is 1. The van der Waals surface area contributed by atoms with Crippen LogP contribution in [0.4, 0.5) is 0 Å². The van der Waals surface area contributed by atoms with Crippen LogP contribution in [0.25, 0.3) is 0 Å². The fraction of sp³-hybridized carbons (Fsp3) is 0. The van der Waals surface area contributed by atoms with Gasteiger partial charge in [0.15, 0.2) is 0 Å². The molecule has 4 heavy (non-hydrogen) atoms. The molecule has 0 saturated heterocycles. The van der Waals surface area contributed by atoms with E-state index in [4.69, 9.17) is 4.79 Å². The average molecular weight is 171 g/mol. The second-order valence-corrected chi connectivity index (χ2v) is 0.850. The molecule has 0 radical (unpaired) electrons. The lowest BCUT2D eigenvalue weighted by atomic mass is 11.5. The minimum atomic E-state index is 0.612. The minimum absolute atomic E-state index is 0.612. The summed E-state index contributed by atoms with van der Waals surface area (Å²) >= 11 is 1.73. The topological polar surface area (TPSA) is 29.1 Å². The maximum absolute atomic E-state index is 9.06. The van der Waals surface area contributed by atoms with Gasteiger partial charge >= 0.3 is 0 Å². The van der Waals surface area contributed by atoms with E-state index < -0.39 is 0 Å². The SMILES string of the molecule is O=CNI. The van der Waals surface area contributed by atoms with E-state index >= 15 is 0 Å².